The number of anilines is 1. The molecule has 2 aliphatic rings. The van der Waals surface area contributed by atoms with Crippen molar-refractivity contribution < 1.29 is 4.79 Å². The number of thiophene rings is 1. The highest BCUT2D eigenvalue weighted by Crippen LogP contribution is 2.42. The third kappa shape index (κ3) is 3.59. The summed E-state index contributed by atoms with van der Waals surface area (Å²) in [5.74, 6) is 1.21. The topological polar surface area (TPSA) is 56.1 Å². The zero-order valence-electron chi connectivity index (χ0n) is 14.0. The first-order chi connectivity index (χ1) is 11.1. The van der Waals surface area contributed by atoms with Gasteiger partial charge in [0.25, 0.3) is 0 Å². The minimum absolute atomic E-state index is 0.0160. The maximum Gasteiger partial charge on any atom is 0.239 e. The van der Waals surface area contributed by atoms with Gasteiger partial charge >= 0.3 is 0 Å². The van der Waals surface area contributed by atoms with Crippen LogP contribution < -0.4 is 5.32 Å². The Bertz CT molecular complexity index is 623. The number of aryl methyl sites for hydroxylation is 1. The SMILES string of the molecule is CC1CCN(CC(=O)Nc2sc3c(c2C#N)[C@@H](C)CCC3)CC1. The molecule has 23 heavy (non-hydrogen) atoms. The van der Waals surface area contributed by atoms with Crippen molar-refractivity contribution in [3.05, 3.63) is 16.0 Å². The number of rotatable bonds is 3. The molecule has 1 amide bonds. The maximum absolute atomic E-state index is 12.4. The van der Waals surface area contributed by atoms with E-state index in [9.17, 15) is 10.1 Å². The molecule has 1 aliphatic carbocycles. The average molecular weight is 331 g/mol. The lowest BCUT2D eigenvalue weighted by Crippen LogP contribution is -2.38. The van der Waals surface area contributed by atoms with Crippen LogP contribution in [0.15, 0.2) is 0 Å². The van der Waals surface area contributed by atoms with E-state index in [0.717, 1.165) is 36.9 Å². The Morgan fingerprint density at radius 2 is 2.09 bits per heavy atom. The summed E-state index contributed by atoms with van der Waals surface area (Å²) in [4.78, 5) is 15.9. The van der Waals surface area contributed by atoms with Crippen LogP contribution in [0.25, 0.3) is 0 Å². The first kappa shape index (κ1) is 16.5. The fourth-order valence-corrected chi connectivity index (χ4v) is 5.03. The van der Waals surface area contributed by atoms with Crippen LogP contribution in [0, 0.1) is 17.2 Å². The molecule has 1 atom stereocenters. The van der Waals surface area contributed by atoms with Gasteiger partial charge in [0, 0.05) is 4.88 Å². The Morgan fingerprint density at radius 3 is 2.78 bits per heavy atom. The molecular weight excluding hydrogens is 306 g/mol. The van der Waals surface area contributed by atoms with Gasteiger partial charge in [-0.1, -0.05) is 13.8 Å². The van der Waals surface area contributed by atoms with Crippen LogP contribution in [0.2, 0.25) is 0 Å². The fraction of sp³-hybridized carbons (Fsp3) is 0.667. The Morgan fingerprint density at radius 1 is 1.35 bits per heavy atom. The molecule has 2 heterocycles. The summed E-state index contributed by atoms with van der Waals surface area (Å²) >= 11 is 1.61. The summed E-state index contributed by atoms with van der Waals surface area (Å²) in [6.45, 7) is 6.89. The monoisotopic (exact) mass is 331 g/mol. The molecule has 1 fully saturated rings. The van der Waals surface area contributed by atoms with E-state index < -0.39 is 0 Å². The number of carbonyl (C=O) groups is 1. The number of fused-ring (bicyclic) bond motifs is 1. The van der Waals surface area contributed by atoms with Crippen LogP contribution in [0.3, 0.4) is 0 Å². The third-order valence-electron chi connectivity index (χ3n) is 5.16. The van der Waals surface area contributed by atoms with Gasteiger partial charge in [-0.15, -0.1) is 11.3 Å². The van der Waals surface area contributed by atoms with Gasteiger partial charge in [-0.2, -0.15) is 5.26 Å². The first-order valence-electron chi connectivity index (χ1n) is 8.66. The lowest BCUT2D eigenvalue weighted by molar-refractivity contribution is -0.117. The number of nitriles is 1. The Hall–Kier alpha value is -1.38. The predicted molar refractivity (Wildman–Crippen MR) is 93.9 cm³/mol. The average Bonchev–Trinajstić information content (AvgIpc) is 2.88. The van der Waals surface area contributed by atoms with Gasteiger partial charge in [-0.3, -0.25) is 9.69 Å². The van der Waals surface area contributed by atoms with E-state index >= 15 is 0 Å². The number of nitrogens with one attached hydrogen (secondary N) is 1. The molecule has 0 bridgehead atoms. The number of likely N-dealkylation sites (tertiary alicyclic amines) is 1. The molecule has 1 aromatic heterocycles. The first-order valence-corrected chi connectivity index (χ1v) is 9.48. The largest absolute Gasteiger partial charge is 0.315 e. The van der Waals surface area contributed by atoms with Crippen molar-refractivity contribution in [3.63, 3.8) is 0 Å². The maximum atomic E-state index is 12.4. The van der Waals surface area contributed by atoms with E-state index in [4.69, 9.17) is 0 Å². The second-order valence-electron chi connectivity index (χ2n) is 7.05. The van der Waals surface area contributed by atoms with Crippen molar-refractivity contribution in [2.75, 3.05) is 25.0 Å². The Balaban J connectivity index is 1.68. The molecule has 4 nitrogen and oxygen atoms in total. The van der Waals surface area contributed by atoms with Crippen LogP contribution >= 0.6 is 11.3 Å². The second kappa shape index (κ2) is 7.02. The minimum atomic E-state index is 0.0160. The highest BCUT2D eigenvalue weighted by Gasteiger charge is 2.27. The lowest BCUT2D eigenvalue weighted by atomic mass is 9.87. The van der Waals surface area contributed by atoms with E-state index in [1.165, 1.54) is 29.7 Å². The summed E-state index contributed by atoms with van der Waals surface area (Å²) in [6.07, 6.45) is 5.69. The van der Waals surface area contributed by atoms with Crippen molar-refractivity contribution in [1.82, 2.24) is 4.90 Å². The van der Waals surface area contributed by atoms with Gasteiger partial charge in [0.05, 0.1) is 12.1 Å². The summed E-state index contributed by atoms with van der Waals surface area (Å²) in [5.41, 5.74) is 1.89. The van der Waals surface area contributed by atoms with Crippen molar-refractivity contribution >= 4 is 22.2 Å². The molecule has 124 valence electrons. The smallest absolute Gasteiger partial charge is 0.239 e. The number of hydrogen-bond acceptors (Lipinski definition) is 4. The minimum Gasteiger partial charge on any atom is -0.315 e. The zero-order valence-corrected chi connectivity index (χ0v) is 14.8. The molecule has 0 aromatic carbocycles. The quantitative estimate of drug-likeness (QED) is 0.918. The summed E-state index contributed by atoms with van der Waals surface area (Å²) in [5, 5.41) is 13.3. The summed E-state index contributed by atoms with van der Waals surface area (Å²) in [6, 6.07) is 2.33. The summed E-state index contributed by atoms with van der Waals surface area (Å²) < 4.78 is 0. The standard InChI is InChI=1S/C18H25N3OS/c1-12-6-8-21(9-7-12)11-16(22)20-18-14(10-19)17-13(2)4-3-5-15(17)23-18/h12-13H,3-9,11H2,1-2H3,(H,20,22)/t13-/m0/s1. The zero-order chi connectivity index (χ0) is 16.4. The van der Waals surface area contributed by atoms with Gasteiger partial charge in [-0.25, -0.2) is 0 Å². The molecule has 1 saturated heterocycles. The summed E-state index contributed by atoms with van der Waals surface area (Å²) in [7, 11) is 0. The van der Waals surface area contributed by atoms with E-state index in [1.807, 2.05) is 0 Å². The van der Waals surface area contributed by atoms with Gasteiger partial charge in [0.15, 0.2) is 0 Å². The highest BCUT2D eigenvalue weighted by atomic mass is 32.1. The molecule has 1 aromatic rings. The number of piperidine rings is 1. The molecule has 1 aliphatic heterocycles. The molecular formula is C18H25N3OS. The van der Waals surface area contributed by atoms with Crippen molar-refractivity contribution in [1.29, 1.82) is 5.26 Å². The highest BCUT2D eigenvalue weighted by molar-refractivity contribution is 7.16. The molecule has 3 rings (SSSR count). The number of amides is 1. The van der Waals surface area contributed by atoms with Crippen LogP contribution in [0.5, 0.6) is 0 Å². The normalized spacial score (nSPS) is 22.4. The van der Waals surface area contributed by atoms with Crippen molar-refractivity contribution in [2.24, 2.45) is 5.92 Å². The molecule has 0 saturated carbocycles. The molecule has 0 spiro atoms. The van der Waals surface area contributed by atoms with E-state index in [1.54, 1.807) is 11.3 Å². The molecule has 0 unspecified atom stereocenters. The van der Waals surface area contributed by atoms with Gasteiger partial charge < -0.3 is 5.32 Å². The lowest BCUT2D eigenvalue weighted by Gasteiger charge is -2.29. The van der Waals surface area contributed by atoms with Gasteiger partial charge in [-0.05, 0) is 62.6 Å². The predicted octanol–water partition coefficient (Wildman–Crippen LogP) is 3.73. The van der Waals surface area contributed by atoms with Crippen LogP contribution in [-0.4, -0.2) is 30.4 Å². The Labute approximate surface area is 142 Å². The fourth-order valence-electron chi connectivity index (χ4n) is 3.70. The number of nitrogens with zero attached hydrogens (tertiary/aromatic N) is 2. The van der Waals surface area contributed by atoms with Crippen LogP contribution in [0.4, 0.5) is 5.00 Å². The van der Waals surface area contributed by atoms with E-state index in [0.29, 0.717) is 18.0 Å². The van der Waals surface area contributed by atoms with E-state index in [-0.39, 0.29) is 5.91 Å². The van der Waals surface area contributed by atoms with Crippen LogP contribution in [0.1, 0.15) is 61.5 Å². The van der Waals surface area contributed by atoms with Crippen LogP contribution in [-0.2, 0) is 11.2 Å². The molecule has 0 radical (unpaired) electrons. The number of hydrogen-bond donors (Lipinski definition) is 1. The van der Waals surface area contributed by atoms with Crippen molar-refractivity contribution in [3.8, 4) is 6.07 Å². The van der Waals surface area contributed by atoms with Crippen molar-refractivity contribution in [2.45, 2.75) is 51.9 Å². The van der Waals surface area contributed by atoms with Gasteiger partial charge in [0.1, 0.15) is 11.1 Å². The van der Waals surface area contributed by atoms with Gasteiger partial charge in [0.2, 0.25) is 5.91 Å². The molecule has 5 heteroatoms. The second-order valence-corrected chi connectivity index (χ2v) is 8.16. The molecule has 1 N–H and O–H groups in total. The number of carbonyl (C=O) groups excluding carboxylic acids is 1. The third-order valence-corrected chi connectivity index (χ3v) is 6.34. The Kier molecular flexibility index (Phi) is 5.03. The van der Waals surface area contributed by atoms with E-state index in [2.05, 4.69) is 30.1 Å².